The van der Waals surface area contributed by atoms with E-state index in [1.165, 1.54) is 0 Å². The quantitative estimate of drug-likeness (QED) is 0.828. The van der Waals surface area contributed by atoms with Gasteiger partial charge in [-0.3, -0.25) is 9.69 Å². The van der Waals surface area contributed by atoms with E-state index in [-0.39, 0.29) is 31.8 Å². The second-order valence-electron chi connectivity index (χ2n) is 5.62. The SMILES string of the molecule is O=C1CNC(=O)N1Cc1ccnc(OCc2ccc3c(c2)OCO3)c1. The summed E-state index contributed by atoms with van der Waals surface area (Å²) in [6.07, 6.45) is 1.59. The Hall–Kier alpha value is -3.29. The lowest BCUT2D eigenvalue weighted by atomic mass is 10.2. The molecule has 2 aromatic rings. The minimum Gasteiger partial charge on any atom is -0.473 e. The number of carbonyl (C=O) groups is 2. The molecule has 2 aliphatic rings. The van der Waals surface area contributed by atoms with Gasteiger partial charge >= 0.3 is 6.03 Å². The van der Waals surface area contributed by atoms with Gasteiger partial charge < -0.3 is 19.5 Å². The Bertz CT molecular complexity index is 823. The van der Waals surface area contributed by atoms with E-state index in [0.29, 0.717) is 18.2 Å². The first-order valence-corrected chi connectivity index (χ1v) is 7.73. The number of urea groups is 1. The minimum absolute atomic E-state index is 0.0391. The van der Waals surface area contributed by atoms with Crippen LogP contribution in [0.5, 0.6) is 17.4 Å². The van der Waals surface area contributed by atoms with Crippen LogP contribution in [0.25, 0.3) is 0 Å². The first kappa shape index (κ1) is 15.3. The molecule has 0 radical (unpaired) electrons. The standard InChI is InChI=1S/C17H15N3O5/c21-16-7-19-17(22)20(16)8-11-3-4-18-15(6-11)23-9-12-1-2-13-14(5-12)25-10-24-13/h1-6H,7-10H2,(H,19,22). The fourth-order valence-corrected chi connectivity index (χ4v) is 2.61. The Morgan fingerprint density at radius 2 is 2.00 bits per heavy atom. The number of benzene rings is 1. The molecule has 1 aromatic heterocycles. The average Bonchev–Trinajstić information content (AvgIpc) is 3.21. The van der Waals surface area contributed by atoms with E-state index in [9.17, 15) is 9.59 Å². The highest BCUT2D eigenvalue weighted by atomic mass is 16.7. The second kappa shape index (κ2) is 6.31. The molecule has 8 heteroatoms. The first-order chi connectivity index (χ1) is 12.2. The van der Waals surface area contributed by atoms with Gasteiger partial charge in [-0.15, -0.1) is 0 Å². The Labute approximate surface area is 143 Å². The number of ether oxygens (including phenoxy) is 3. The predicted molar refractivity (Wildman–Crippen MR) is 85.1 cm³/mol. The molecule has 4 rings (SSSR count). The molecule has 1 aromatic carbocycles. The van der Waals surface area contributed by atoms with Crippen molar-refractivity contribution < 1.29 is 23.8 Å². The highest BCUT2D eigenvalue weighted by molar-refractivity contribution is 6.01. The summed E-state index contributed by atoms with van der Waals surface area (Å²) in [7, 11) is 0. The van der Waals surface area contributed by atoms with Gasteiger partial charge in [0.05, 0.1) is 13.1 Å². The zero-order valence-electron chi connectivity index (χ0n) is 13.2. The topological polar surface area (TPSA) is 90.0 Å². The van der Waals surface area contributed by atoms with E-state index in [1.807, 2.05) is 18.2 Å². The number of amides is 3. The van der Waals surface area contributed by atoms with Crippen molar-refractivity contribution in [3.8, 4) is 17.4 Å². The molecule has 25 heavy (non-hydrogen) atoms. The zero-order chi connectivity index (χ0) is 17.2. The zero-order valence-corrected chi connectivity index (χ0v) is 13.2. The molecule has 0 atom stereocenters. The van der Waals surface area contributed by atoms with Gasteiger partial charge in [0.1, 0.15) is 6.61 Å². The van der Waals surface area contributed by atoms with Gasteiger partial charge in [-0.1, -0.05) is 6.07 Å². The monoisotopic (exact) mass is 341 g/mol. The fraction of sp³-hybridized carbons (Fsp3) is 0.235. The Morgan fingerprint density at radius 1 is 1.12 bits per heavy atom. The van der Waals surface area contributed by atoms with Crippen molar-refractivity contribution in [2.45, 2.75) is 13.2 Å². The number of hydrogen-bond acceptors (Lipinski definition) is 6. The lowest BCUT2D eigenvalue weighted by Gasteiger charge is -2.13. The van der Waals surface area contributed by atoms with Crippen molar-refractivity contribution in [3.05, 3.63) is 47.7 Å². The van der Waals surface area contributed by atoms with Crippen molar-refractivity contribution in [2.24, 2.45) is 0 Å². The number of hydrogen-bond donors (Lipinski definition) is 1. The van der Waals surface area contributed by atoms with Crippen LogP contribution >= 0.6 is 0 Å². The highest BCUT2D eigenvalue weighted by Gasteiger charge is 2.28. The molecule has 2 aliphatic heterocycles. The summed E-state index contributed by atoms with van der Waals surface area (Å²) in [5.74, 6) is 1.59. The van der Waals surface area contributed by atoms with Gasteiger partial charge in [-0.05, 0) is 29.3 Å². The van der Waals surface area contributed by atoms with Crippen molar-refractivity contribution in [2.75, 3.05) is 13.3 Å². The van der Waals surface area contributed by atoms with Crippen LogP contribution in [-0.4, -0.2) is 35.2 Å². The molecular formula is C17H15N3O5. The Balaban J connectivity index is 1.41. The van der Waals surface area contributed by atoms with Crippen molar-refractivity contribution in [1.82, 2.24) is 15.2 Å². The largest absolute Gasteiger partial charge is 0.473 e. The van der Waals surface area contributed by atoms with Crippen LogP contribution in [0.3, 0.4) is 0 Å². The third-order valence-corrected chi connectivity index (χ3v) is 3.90. The maximum Gasteiger partial charge on any atom is 0.324 e. The number of imide groups is 1. The van der Waals surface area contributed by atoms with Crippen LogP contribution in [0.15, 0.2) is 36.5 Å². The van der Waals surface area contributed by atoms with Crippen molar-refractivity contribution in [1.29, 1.82) is 0 Å². The number of pyridine rings is 1. The van der Waals surface area contributed by atoms with Crippen molar-refractivity contribution in [3.63, 3.8) is 0 Å². The highest BCUT2D eigenvalue weighted by Crippen LogP contribution is 2.32. The number of fused-ring (bicyclic) bond motifs is 1. The van der Waals surface area contributed by atoms with E-state index in [0.717, 1.165) is 21.8 Å². The van der Waals surface area contributed by atoms with Crippen LogP contribution in [0, 0.1) is 0 Å². The summed E-state index contributed by atoms with van der Waals surface area (Å²) in [5, 5.41) is 2.49. The maximum atomic E-state index is 11.7. The molecule has 0 unspecified atom stereocenters. The molecular weight excluding hydrogens is 326 g/mol. The summed E-state index contributed by atoms with van der Waals surface area (Å²) >= 11 is 0. The third-order valence-electron chi connectivity index (χ3n) is 3.90. The maximum absolute atomic E-state index is 11.7. The van der Waals surface area contributed by atoms with Crippen LogP contribution in [-0.2, 0) is 17.9 Å². The summed E-state index contributed by atoms with van der Waals surface area (Å²) in [6.45, 7) is 0.771. The summed E-state index contributed by atoms with van der Waals surface area (Å²) in [5.41, 5.74) is 1.69. The van der Waals surface area contributed by atoms with Gasteiger partial charge in [-0.25, -0.2) is 9.78 Å². The van der Waals surface area contributed by atoms with Crippen LogP contribution in [0.4, 0.5) is 4.79 Å². The fourth-order valence-electron chi connectivity index (χ4n) is 2.61. The first-order valence-electron chi connectivity index (χ1n) is 7.73. The number of aromatic nitrogens is 1. The molecule has 0 bridgehead atoms. The number of carbonyl (C=O) groups excluding carboxylic acids is 2. The third kappa shape index (κ3) is 3.18. The molecule has 128 valence electrons. The summed E-state index contributed by atoms with van der Waals surface area (Å²) < 4.78 is 16.3. The van der Waals surface area contributed by atoms with Crippen LogP contribution in [0.2, 0.25) is 0 Å². The lowest BCUT2D eigenvalue weighted by Crippen LogP contribution is -2.30. The van der Waals surface area contributed by atoms with E-state index < -0.39 is 0 Å². The minimum atomic E-state index is -0.385. The smallest absolute Gasteiger partial charge is 0.324 e. The lowest BCUT2D eigenvalue weighted by molar-refractivity contribution is -0.125. The Kier molecular flexibility index (Phi) is 3.85. The average molecular weight is 341 g/mol. The summed E-state index contributed by atoms with van der Waals surface area (Å²) in [6, 6.07) is 8.66. The molecule has 8 nitrogen and oxygen atoms in total. The van der Waals surface area contributed by atoms with E-state index in [1.54, 1.807) is 18.3 Å². The Morgan fingerprint density at radius 3 is 2.84 bits per heavy atom. The van der Waals surface area contributed by atoms with Gasteiger partial charge in [0, 0.05) is 12.3 Å². The normalized spacial score (nSPS) is 15.4. The van der Waals surface area contributed by atoms with Gasteiger partial charge in [0.2, 0.25) is 18.6 Å². The van der Waals surface area contributed by atoms with Gasteiger partial charge in [-0.2, -0.15) is 0 Å². The second-order valence-corrected chi connectivity index (χ2v) is 5.62. The van der Waals surface area contributed by atoms with Crippen molar-refractivity contribution >= 4 is 11.9 Å². The molecule has 0 aliphatic carbocycles. The molecule has 3 heterocycles. The molecule has 0 spiro atoms. The molecule has 3 amide bonds. The molecule has 1 saturated heterocycles. The van der Waals surface area contributed by atoms with Gasteiger partial charge in [0.15, 0.2) is 11.5 Å². The number of nitrogens with one attached hydrogen (secondary N) is 1. The van der Waals surface area contributed by atoms with Crippen LogP contribution in [0.1, 0.15) is 11.1 Å². The van der Waals surface area contributed by atoms with Gasteiger partial charge in [0.25, 0.3) is 0 Å². The van der Waals surface area contributed by atoms with E-state index in [2.05, 4.69) is 10.3 Å². The van der Waals surface area contributed by atoms with Crippen LogP contribution < -0.4 is 19.5 Å². The summed E-state index contributed by atoms with van der Waals surface area (Å²) in [4.78, 5) is 28.6. The molecule has 1 N–H and O–H groups in total. The number of nitrogens with zero attached hydrogens (tertiary/aromatic N) is 2. The predicted octanol–water partition coefficient (Wildman–Crippen LogP) is 1.44. The van der Waals surface area contributed by atoms with E-state index in [4.69, 9.17) is 14.2 Å². The molecule has 0 saturated carbocycles. The van der Waals surface area contributed by atoms with E-state index >= 15 is 0 Å². The molecule has 1 fully saturated rings. The number of rotatable bonds is 5.